The molecule has 2 aromatic rings. The van der Waals surface area contributed by atoms with Crippen LogP contribution >= 0.6 is 0 Å². The number of amides is 1. The Morgan fingerprint density at radius 3 is 3.09 bits per heavy atom. The zero-order valence-electron chi connectivity index (χ0n) is 13.8. The van der Waals surface area contributed by atoms with Crippen LogP contribution in [0.4, 0.5) is 0 Å². The van der Waals surface area contributed by atoms with Gasteiger partial charge in [-0.05, 0) is 58.1 Å². The number of carbonyl (C=O) groups excluding carboxylic acids is 1. The number of nitrogens with zero attached hydrogens (tertiary/aromatic N) is 2. The SMILES string of the molecule is Cc1cc(C)n2ccc(C(=O)NC3CCC4(CCCO4)C3)c2n1. The van der Waals surface area contributed by atoms with Crippen molar-refractivity contribution in [3.63, 3.8) is 0 Å². The largest absolute Gasteiger partial charge is 0.375 e. The van der Waals surface area contributed by atoms with Gasteiger partial charge in [0.25, 0.3) is 5.91 Å². The van der Waals surface area contributed by atoms with Gasteiger partial charge in [0.15, 0.2) is 0 Å². The highest BCUT2D eigenvalue weighted by molar-refractivity contribution is 6.00. The maximum atomic E-state index is 12.7. The second-order valence-corrected chi connectivity index (χ2v) is 7.01. The van der Waals surface area contributed by atoms with Crippen molar-refractivity contribution in [2.45, 2.75) is 57.6 Å². The van der Waals surface area contributed by atoms with E-state index in [9.17, 15) is 4.79 Å². The van der Waals surface area contributed by atoms with Crippen molar-refractivity contribution in [3.05, 3.63) is 35.3 Å². The normalized spacial score (nSPS) is 27.1. The molecule has 5 nitrogen and oxygen atoms in total. The summed E-state index contributed by atoms with van der Waals surface area (Å²) in [7, 11) is 0. The Morgan fingerprint density at radius 1 is 1.43 bits per heavy atom. The van der Waals surface area contributed by atoms with Gasteiger partial charge in [0.05, 0.1) is 11.2 Å². The Kier molecular flexibility index (Phi) is 3.41. The van der Waals surface area contributed by atoms with Crippen LogP contribution in [0.15, 0.2) is 18.3 Å². The number of hydrogen-bond donors (Lipinski definition) is 1. The molecule has 122 valence electrons. The number of rotatable bonds is 2. The summed E-state index contributed by atoms with van der Waals surface area (Å²) in [6.07, 6.45) is 7.20. The van der Waals surface area contributed by atoms with Gasteiger partial charge < -0.3 is 14.5 Å². The average Bonchev–Trinajstić information content (AvgIpc) is 3.20. The Labute approximate surface area is 136 Å². The van der Waals surface area contributed by atoms with E-state index in [1.807, 2.05) is 36.6 Å². The first kappa shape index (κ1) is 14.7. The van der Waals surface area contributed by atoms with Crippen molar-refractivity contribution >= 4 is 11.6 Å². The lowest BCUT2D eigenvalue weighted by Crippen LogP contribution is -2.35. The highest BCUT2D eigenvalue weighted by Crippen LogP contribution is 2.41. The second kappa shape index (κ2) is 5.34. The number of aromatic nitrogens is 2. The van der Waals surface area contributed by atoms with Crippen LogP contribution in [0.3, 0.4) is 0 Å². The van der Waals surface area contributed by atoms with Crippen LogP contribution in [0.1, 0.15) is 53.8 Å². The van der Waals surface area contributed by atoms with E-state index in [1.165, 1.54) is 0 Å². The topological polar surface area (TPSA) is 55.6 Å². The lowest BCUT2D eigenvalue weighted by atomic mass is 9.98. The van der Waals surface area contributed by atoms with E-state index in [-0.39, 0.29) is 17.6 Å². The number of fused-ring (bicyclic) bond motifs is 1. The third kappa shape index (κ3) is 2.53. The van der Waals surface area contributed by atoms with Gasteiger partial charge in [0.1, 0.15) is 5.65 Å². The van der Waals surface area contributed by atoms with Crippen LogP contribution in [0, 0.1) is 13.8 Å². The molecule has 2 atom stereocenters. The van der Waals surface area contributed by atoms with Crippen molar-refractivity contribution < 1.29 is 9.53 Å². The van der Waals surface area contributed by atoms with Crippen LogP contribution in [-0.2, 0) is 4.74 Å². The highest BCUT2D eigenvalue weighted by atomic mass is 16.5. The molecule has 23 heavy (non-hydrogen) atoms. The lowest BCUT2D eigenvalue weighted by molar-refractivity contribution is 0.00875. The first-order chi connectivity index (χ1) is 11.1. The third-order valence-corrected chi connectivity index (χ3v) is 5.27. The maximum absolute atomic E-state index is 12.7. The van der Waals surface area contributed by atoms with Crippen LogP contribution < -0.4 is 5.32 Å². The van der Waals surface area contributed by atoms with Crippen molar-refractivity contribution in [2.75, 3.05) is 6.61 Å². The minimum Gasteiger partial charge on any atom is -0.375 e. The number of hydrogen-bond acceptors (Lipinski definition) is 3. The molecule has 2 unspecified atom stereocenters. The molecule has 5 heteroatoms. The summed E-state index contributed by atoms with van der Waals surface area (Å²) in [5.41, 5.74) is 3.45. The number of ether oxygens (including phenoxy) is 1. The minimum absolute atomic E-state index is 0.0231. The summed E-state index contributed by atoms with van der Waals surface area (Å²) in [4.78, 5) is 17.2. The van der Waals surface area contributed by atoms with Crippen LogP contribution in [-0.4, -0.2) is 33.5 Å². The van der Waals surface area contributed by atoms with E-state index in [0.717, 1.165) is 55.7 Å². The Balaban J connectivity index is 1.54. The fraction of sp³-hybridized carbons (Fsp3) is 0.556. The summed E-state index contributed by atoms with van der Waals surface area (Å²) in [6, 6.07) is 4.09. The molecule has 1 aliphatic heterocycles. The van der Waals surface area contributed by atoms with E-state index in [4.69, 9.17) is 4.74 Å². The third-order valence-electron chi connectivity index (χ3n) is 5.27. The predicted octanol–water partition coefficient (Wildman–Crippen LogP) is 2.78. The molecule has 2 aromatic heterocycles. The first-order valence-electron chi connectivity index (χ1n) is 8.46. The average molecular weight is 313 g/mol. The van der Waals surface area contributed by atoms with Gasteiger partial charge in [0.2, 0.25) is 0 Å². The molecule has 4 rings (SSSR count). The molecule has 0 aromatic carbocycles. The fourth-order valence-electron chi connectivity index (χ4n) is 4.16. The summed E-state index contributed by atoms with van der Waals surface area (Å²) in [5.74, 6) is -0.0231. The number of aryl methyl sites for hydroxylation is 2. The van der Waals surface area contributed by atoms with Gasteiger partial charge >= 0.3 is 0 Å². The van der Waals surface area contributed by atoms with Crippen molar-refractivity contribution in [3.8, 4) is 0 Å². The smallest absolute Gasteiger partial charge is 0.255 e. The monoisotopic (exact) mass is 313 g/mol. The molecule has 3 heterocycles. The minimum atomic E-state index is -0.0231. The van der Waals surface area contributed by atoms with E-state index >= 15 is 0 Å². The summed E-state index contributed by atoms with van der Waals surface area (Å²) in [5, 5.41) is 3.19. The van der Waals surface area contributed by atoms with E-state index in [1.54, 1.807) is 0 Å². The maximum Gasteiger partial charge on any atom is 0.255 e. The van der Waals surface area contributed by atoms with Crippen molar-refractivity contribution in [1.82, 2.24) is 14.7 Å². The van der Waals surface area contributed by atoms with E-state index < -0.39 is 0 Å². The Hall–Kier alpha value is -1.88. The van der Waals surface area contributed by atoms with Crippen LogP contribution in [0.2, 0.25) is 0 Å². The number of carbonyl (C=O) groups is 1. The Bertz CT molecular complexity index is 759. The molecule has 0 radical (unpaired) electrons. The molecular weight excluding hydrogens is 290 g/mol. The zero-order chi connectivity index (χ0) is 16.0. The standard InChI is InChI=1S/C18H23N3O2/c1-12-10-13(2)21-8-5-15(16(21)19-12)17(22)20-14-4-7-18(11-14)6-3-9-23-18/h5,8,10,14H,3-4,6-7,9,11H2,1-2H3,(H,20,22). The van der Waals surface area contributed by atoms with Crippen molar-refractivity contribution in [2.24, 2.45) is 0 Å². The first-order valence-corrected chi connectivity index (χ1v) is 8.46. The van der Waals surface area contributed by atoms with Gasteiger partial charge in [-0.1, -0.05) is 0 Å². The fourth-order valence-corrected chi connectivity index (χ4v) is 4.16. The molecular formula is C18H23N3O2. The second-order valence-electron chi connectivity index (χ2n) is 7.01. The molecule has 0 bridgehead atoms. The van der Waals surface area contributed by atoms with Crippen molar-refractivity contribution in [1.29, 1.82) is 0 Å². The predicted molar refractivity (Wildman–Crippen MR) is 87.7 cm³/mol. The molecule has 1 N–H and O–H groups in total. The van der Waals surface area contributed by atoms with Gasteiger partial charge in [-0.2, -0.15) is 0 Å². The molecule has 1 amide bonds. The molecule has 2 fully saturated rings. The summed E-state index contributed by atoms with van der Waals surface area (Å²) >= 11 is 0. The zero-order valence-corrected chi connectivity index (χ0v) is 13.8. The quantitative estimate of drug-likeness (QED) is 0.927. The van der Waals surface area contributed by atoms with Gasteiger partial charge in [-0.3, -0.25) is 4.79 Å². The lowest BCUT2D eigenvalue weighted by Gasteiger charge is -2.22. The van der Waals surface area contributed by atoms with Gasteiger partial charge in [-0.25, -0.2) is 4.98 Å². The molecule has 1 aliphatic carbocycles. The molecule has 2 aliphatic rings. The molecule has 1 saturated carbocycles. The van der Waals surface area contributed by atoms with E-state index in [2.05, 4.69) is 10.3 Å². The summed E-state index contributed by atoms with van der Waals surface area (Å²) in [6.45, 7) is 4.86. The van der Waals surface area contributed by atoms with Crippen LogP contribution in [0.25, 0.3) is 5.65 Å². The summed E-state index contributed by atoms with van der Waals surface area (Å²) < 4.78 is 7.91. The molecule has 1 saturated heterocycles. The highest BCUT2D eigenvalue weighted by Gasteiger charge is 2.42. The van der Waals surface area contributed by atoms with Gasteiger partial charge in [0, 0.05) is 30.2 Å². The molecule has 1 spiro atoms. The van der Waals surface area contributed by atoms with Gasteiger partial charge in [-0.15, -0.1) is 0 Å². The number of nitrogens with one attached hydrogen (secondary N) is 1. The van der Waals surface area contributed by atoms with Crippen LogP contribution in [0.5, 0.6) is 0 Å². The van der Waals surface area contributed by atoms with E-state index in [0.29, 0.717) is 5.56 Å². The Morgan fingerprint density at radius 2 is 2.30 bits per heavy atom.